The van der Waals surface area contributed by atoms with E-state index in [-0.39, 0.29) is 5.56 Å². The highest BCUT2D eigenvalue weighted by Crippen LogP contribution is 2.35. The van der Waals surface area contributed by atoms with Crippen LogP contribution >= 0.6 is 11.3 Å². The molecule has 7 N–H and O–H groups in total. The molecule has 0 aliphatic carbocycles. The van der Waals surface area contributed by atoms with Gasteiger partial charge in [-0.05, 0) is 22.8 Å². The molecule has 3 aromatic rings. The number of nitrogens with two attached hydrogens (primary N) is 2. The van der Waals surface area contributed by atoms with Crippen molar-refractivity contribution in [3.05, 3.63) is 77.4 Å². The van der Waals surface area contributed by atoms with E-state index in [1.807, 2.05) is 30.3 Å². The van der Waals surface area contributed by atoms with Gasteiger partial charge in [-0.25, -0.2) is 4.79 Å². The number of carbonyl (C=O) groups is 3. The molecule has 0 aliphatic rings. The van der Waals surface area contributed by atoms with Gasteiger partial charge in [-0.15, -0.1) is 11.3 Å². The van der Waals surface area contributed by atoms with Crippen LogP contribution in [0, 0.1) is 0 Å². The molecule has 0 radical (unpaired) electrons. The van der Waals surface area contributed by atoms with Crippen molar-refractivity contribution in [3.63, 3.8) is 0 Å². The first kappa shape index (κ1) is 21.0. The number of aliphatic carboxylic acids is 1. The number of thiophene rings is 1. The summed E-state index contributed by atoms with van der Waals surface area (Å²) in [6.07, 6.45) is 0. The number of amides is 3. The first-order valence-electron chi connectivity index (χ1n) is 8.95. The molecule has 0 aliphatic heterocycles. The zero-order chi connectivity index (χ0) is 21.7. The highest BCUT2D eigenvalue weighted by atomic mass is 32.1. The zero-order valence-electron chi connectivity index (χ0n) is 15.8. The van der Waals surface area contributed by atoms with Gasteiger partial charge in [-0.2, -0.15) is 0 Å². The maximum Gasteiger partial charge on any atom is 0.325 e. The second-order valence-electron chi connectivity index (χ2n) is 6.47. The van der Waals surface area contributed by atoms with Gasteiger partial charge in [0.25, 0.3) is 5.91 Å². The molecule has 0 bridgehead atoms. The standard InChI is InChI=1S/C21H20N4O4S/c22-18(26)15-10-16(30-19(15)25-21(23)29)13-8-6-12(7-9-13)11-24-17(20(27)28)14-4-2-1-3-5-14/h1-10,17,24H,11H2,(H2,22,26)(H,27,28)(H3,23,25,29)/t17-/m1/s1. The molecule has 1 atom stereocenters. The number of hydrogen-bond donors (Lipinski definition) is 5. The fourth-order valence-corrected chi connectivity index (χ4v) is 3.99. The van der Waals surface area contributed by atoms with Crippen LogP contribution in [0.2, 0.25) is 0 Å². The van der Waals surface area contributed by atoms with E-state index in [2.05, 4.69) is 10.6 Å². The quantitative estimate of drug-likeness (QED) is 0.377. The van der Waals surface area contributed by atoms with Gasteiger partial charge >= 0.3 is 12.0 Å². The van der Waals surface area contributed by atoms with E-state index in [4.69, 9.17) is 11.5 Å². The third-order valence-electron chi connectivity index (χ3n) is 4.36. The Morgan fingerprint density at radius 3 is 2.23 bits per heavy atom. The fourth-order valence-electron chi connectivity index (χ4n) is 2.92. The van der Waals surface area contributed by atoms with Gasteiger partial charge in [0.05, 0.1) is 5.56 Å². The number of carboxylic acids is 1. The summed E-state index contributed by atoms with van der Waals surface area (Å²) in [7, 11) is 0. The lowest BCUT2D eigenvalue weighted by Crippen LogP contribution is -2.28. The molecule has 3 rings (SSSR count). The molecule has 0 spiro atoms. The molecule has 154 valence electrons. The van der Waals surface area contributed by atoms with Crippen LogP contribution in [0.5, 0.6) is 0 Å². The Morgan fingerprint density at radius 2 is 1.67 bits per heavy atom. The molecule has 0 saturated carbocycles. The minimum Gasteiger partial charge on any atom is -0.480 e. The maximum absolute atomic E-state index is 11.6. The highest BCUT2D eigenvalue weighted by Gasteiger charge is 2.19. The molecule has 1 heterocycles. The van der Waals surface area contributed by atoms with Gasteiger partial charge in [-0.1, -0.05) is 54.6 Å². The molecule has 0 fully saturated rings. The number of hydrogen-bond acceptors (Lipinski definition) is 5. The predicted molar refractivity (Wildman–Crippen MR) is 115 cm³/mol. The molecule has 8 nitrogen and oxygen atoms in total. The predicted octanol–water partition coefficient (Wildman–Crippen LogP) is 2.92. The van der Waals surface area contributed by atoms with Crippen LogP contribution in [0.4, 0.5) is 9.80 Å². The molecule has 2 aromatic carbocycles. The summed E-state index contributed by atoms with van der Waals surface area (Å²) < 4.78 is 0. The fraction of sp³-hybridized carbons (Fsp3) is 0.0952. The van der Waals surface area contributed by atoms with Crippen molar-refractivity contribution in [2.45, 2.75) is 12.6 Å². The Hall–Kier alpha value is -3.69. The minimum atomic E-state index is -0.954. The minimum absolute atomic E-state index is 0.187. The number of urea groups is 1. The van der Waals surface area contributed by atoms with Crippen LogP contribution in [0.1, 0.15) is 27.5 Å². The van der Waals surface area contributed by atoms with E-state index in [1.54, 1.807) is 30.3 Å². The van der Waals surface area contributed by atoms with E-state index in [0.29, 0.717) is 17.1 Å². The molecule has 0 saturated heterocycles. The third kappa shape index (κ3) is 5.02. The molecular weight excluding hydrogens is 404 g/mol. The number of primary amides is 2. The second-order valence-corrected chi connectivity index (χ2v) is 7.52. The van der Waals surface area contributed by atoms with Gasteiger partial charge in [-0.3, -0.25) is 20.2 Å². The topological polar surface area (TPSA) is 148 Å². The summed E-state index contributed by atoms with van der Waals surface area (Å²) in [4.78, 5) is 35.1. The lowest BCUT2D eigenvalue weighted by molar-refractivity contribution is -0.139. The van der Waals surface area contributed by atoms with E-state index in [0.717, 1.165) is 16.0 Å². The summed E-state index contributed by atoms with van der Waals surface area (Å²) in [6.45, 7) is 0.359. The average molecular weight is 424 g/mol. The van der Waals surface area contributed by atoms with Crippen molar-refractivity contribution in [1.29, 1.82) is 0 Å². The molecule has 30 heavy (non-hydrogen) atoms. The molecule has 3 amide bonds. The lowest BCUT2D eigenvalue weighted by Gasteiger charge is -2.15. The van der Waals surface area contributed by atoms with Gasteiger partial charge in [0.1, 0.15) is 11.0 Å². The number of benzene rings is 2. The SMILES string of the molecule is NC(=O)Nc1sc(-c2ccc(CN[C@@H](C(=O)O)c3ccccc3)cc2)cc1C(N)=O. The van der Waals surface area contributed by atoms with Crippen molar-refractivity contribution in [1.82, 2.24) is 5.32 Å². The van der Waals surface area contributed by atoms with Crippen molar-refractivity contribution in [2.24, 2.45) is 11.5 Å². The molecular formula is C21H20N4O4S. The number of rotatable bonds is 8. The molecule has 9 heteroatoms. The van der Waals surface area contributed by atoms with Crippen LogP contribution in [-0.4, -0.2) is 23.0 Å². The Bertz CT molecular complexity index is 1060. The van der Waals surface area contributed by atoms with Crippen LogP contribution < -0.4 is 22.1 Å². The van der Waals surface area contributed by atoms with E-state index in [1.165, 1.54) is 11.3 Å². The highest BCUT2D eigenvalue weighted by molar-refractivity contribution is 7.20. The maximum atomic E-state index is 11.6. The van der Waals surface area contributed by atoms with Crippen molar-refractivity contribution >= 4 is 34.2 Å². The summed E-state index contributed by atoms with van der Waals surface area (Å²) in [5.74, 6) is -1.62. The van der Waals surface area contributed by atoms with Gasteiger partial charge < -0.3 is 16.6 Å². The first-order valence-corrected chi connectivity index (χ1v) is 9.77. The average Bonchev–Trinajstić information content (AvgIpc) is 3.12. The second kappa shape index (κ2) is 9.21. The van der Waals surface area contributed by atoms with Crippen molar-refractivity contribution < 1.29 is 19.5 Å². The number of anilines is 1. The van der Waals surface area contributed by atoms with E-state index in [9.17, 15) is 19.5 Å². The zero-order valence-corrected chi connectivity index (χ0v) is 16.6. The third-order valence-corrected chi connectivity index (χ3v) is 5.46. The summed E-state index contributed by atoms with van der Waals surface area (Å²) >= 11 is 1.19. The normalized spacial score (nSPS) is 11.6. The monoisotopic (exact) mass is 424 g/mol. The van der Waals surface area contributed by atoms with Crippen molar-refractivity contribution in [3.8, 4) is 10.4 Å². The van der Waals surface area contributed by atoms with E-state index >= 15 is 0 Å². The van der Waals surface area contributed by atoms with Crippen LogP contribution in [0.3, 0.4) is 0 Å². The van der Waals surface area contributed by atoms with Gasteiger partial charge in [0.15, 0.2) is 0 Å². The molecule has 0 unspecified atom stereocenters. The number of carbonyl (C=O) groups excluding carboxylic acids is 2. The van der Waals surface area contributed by atoms with Crippen LogP contribution in [0.15, 0.2) is 60.7 Å². The number of nitrogens with one attached hydrogen (secondary N) is 2. The smallest absolute Gasteiger partial charge is 0.325 e. The lowest BCUT2D eigenvalue weighted by atomic mass is 10.1. The van der Waals surface area contributed by atoms with E-state index < -0.39 is 23.9 Å². The summed E-state index contributed by atoms with van der Waals surface area (Å²) in [5, 5.41) is 15.2. The Labute approximate surface area is 176 Å². The Balaban J connectivity index is 1.74. The van der Waals surface area contributed by atoms with Crippen molar-refractivity contribution in [2.75, 3.05) is 5.32 Å². The van der Waals surface area contributed by atoms with Crippen LogP contribution in [-0.2, 0) is 11.3 Å². The summed E-state index contributed by atoms with van der Waals surface area (Å²) in [5.41, 5.74) is 13.1. The van der Waals surface area contributed by atoms with Gasteiger partial charge in [0.2, 0.25) is 0 Å². The Kier molecular flexibility index (Phi) is 6.45. The first-order chi connectivity index (χ1) is 14.3. The molecule has 1 aromatic heterocycles. The largest absolute Gasteiger partial charge is 0.480 e. The summed E-state index contributed by atoms with van der Waals surface area (Å²) in [6, 6.07) is 16.4. The van der Waals surface area contributed by atoms with Gasteiger partial charge in [0, 0.05) is 11.4 Å². The number of carboxylic acid groups (broad SMARTS) is 1. The Morgan fingerprint density at radius 1 is 1.00 bits per heavy atom. The van der Waals surface area contributed by atoms with Crippen LogP contribution in [0.25, 0.3) is 10.4 Å².